The molecule has 0 radical (unpaired) electrons. The maximum atomic E-state index is 13.1. The first-order valence-corrected chi connectivity index (χ1v) is 12.8. The summed E-state index contributed by atoms with van der Waals surface area (Å²) in [6.45, 7) is 7.95. The van der Waals surface area contributed by atoms with Gasteiger partial charge >= 0.3 is 0 Å². The van der Waals surface area contributed by atoms with Crippen LogP contribution in [-0.2, 0) is 9.59 Å². The lowest BCUT2D eigenvalue weighted by atomic mass is 10.1. The van der Waals surface area contributed by atoms with Crippen LogP contribution in [-0.4, -0.2) is 78.2 Å². The van der Waals surface area contributed by atoms with E-state index >= 15 is 0 Å². The van der Waals surface area contributed by atoms with Crippen LogP contribution in [0.5, 0.6) is 5.75 Å². The lowest BCUT2D eigenvalue weighted by Gasteiger charge is -2.29. The molecule has 188 valence electrons. The van der Waals surface area contributed by atoms with Crippen molar-refractivity contribution in [2.45, 2.75) is 39.5 Å². The molecule has 1 aliphatic heterocycles. The summed E-state index contributed by atoms with van der Waals surface area (Å²) in [5.41, 5.74) is 1.80. The van der Waals surface area contributed by atoms with Crippen LogP contribution in [0.25, 0.3) is 11.3 Å². The van der Waals surface area contributed by atoms with E-state index in [1.807, 2.05) is 41.3 Å². The van der Waals surface area contributed by atoms with E-state index in [0.29, 0.717) is 32.1 Å². The Morgan fingerprint density at radius 1 is 1.06 bits per heavy atom. The smallest absolute Gasteiger partial charge is 0.242 e. The molecule has 1 saturated heterocycles. The Bertz CT molecular complexity index is 991. The summed E-state index contributed by atoms with van der Waals surface area (Å²) in [6.07, 6.45) is 3.77. The minimum atomic E-state index is 0.0464. The van der Waals surface area contributed by atoms with Gasteiger partial charge < -0.3 is 19.4 Å². The third kappa shape index (κ3) is 6.50. The highest BCUT2D eigenvalue weighted by Crippen LogP contribution is 2.31. The van der Waals surface area contributed by atoms with Gasteiger partial charge in [0.2, 0.25) is 11.8 Å². The minimum absolute atomic E-state index is 0.0464. The molecule has 1 aromatic carbocycles. The van der Waals surface area contributed by atoms with E-state index in [-0.39, 0.29) is 24.3 Å². The number of hydrogen-bond acceptors (Lipinski definition) is 6. The molecular formula is C27H37N5O3. The predicted octanol–water partition coefficient (Wildman–Crippen LogP) is 3.48. The predicted molar refractivity (Wildman–Crippen MR) is 136 cm³/mol. The second-order valence-electron chi connectivity index (χ2n) is 9.73. The Morgan fingerprint density at radius 3 is 2.46 bits per heavy atom. The van der Waals surface area contributed by atoms with Crippen LogP contribution < -0.4 is 9.64 Å². The van der Waals surface area contributed by atoms with Crippen LogP contribution in [0.3, 0.4) is 0 Å². The highest BCUT2D eigenvalue weighted by atomic mass is 16.5. The molecule has 1 aromatic heterocycles. The molecule has 0 N–H and O–H groups in total. The maximum Gasteiger partial charge on any atom is 0.242 e. The number of nitrogens with zero attached hydrogens (tertiary/aromatic N) is 5. The molecular weight excluding hydrogens is 442 g/mol. The molecule has 1 atom stereocenters. The fourth-order valence-electron chi connectivity index (χ4n) is 4.40. The molecule has 35 heavy (non-hydrogen) atoms. The Balaban J connectivity index is 1.34. The zero-order chi connectivity index (χ0) is 24.8. The van der Waals surface area contributed by atoms with E-state index in [4.69, 9.17) is 4.74 Å². The molecule has 8 heteroatoms. The van der Waals surface area contributed by atoms with Crippen LogP contribution in [0, 0.1) is 11.8 Å². The van der Waals surface area contributed by atoms with Crippen molar-refractivity contribution in [1.82, 2.24) is 20.0 Å². The lowest BCUT2D eigenvalue weighted by Crippen LogP contribution is -2.46. The summed E-state index contributed by atoms with van der Waals surface area (Å²) in [6, 6.07) is 11.7. The van der Waals surface area contributed by atoms with Crippen molar-refractivity contribution >= 4 is 17.6 Å². The first kappa shape index (κ1) is 24.9. The SMILES string of the molecule is CCC(C)CN(CC(=O)N1CCCN(c2ccc(-c3ccc(OC)cc3)nn2)CC1)C(=O)C1CC1. The van der Waals surface area contributed by atoms with E-state index in [1.165, 1.54) is 0 Å². The third-order valence-corrected chi connectivity index (χ3v) is 7.00. The normalized spacial score (nSPS) is 17.0. The first-order valence-electron chi connectivity index (χ1n) is 12.8. The summed E-state index contributed by atoms with van der Waals surface area (Å²) in [4.78, 5) is 31.8. The van der Waals surface area contributed by atoms with Crippen molar-refractivity contribution in [2.75, 3.05) is 51.3 Å². The van der Waals surface area contributed by atoms with Gasteiger partial charge in [-0.15, -0.1) is 10.2 Å². The molecule has 2 amide bonds. The van der Waals surface area contributed by atoms with E-state index in [2.05, 4.69) is 28.9 Å². The van der Waals surface area contributed by atoms with Crippen molar-refractivity contribution in [3.8, 4) is 17.0 Å². The molecule has 1 unspecified atom stereocenters. The van der Waals surface area contributed by atoms with Crippen LogP contribution in [0.2, 0.25) is 0 Å². The Morgan fingerprint density at radius 2 is 1.83 bits per heavy atom. The number of methoxy groups -OCH3 is 1. The van der Waals surface area contributed by atoms with Gasteiger partial charge in [0.15, 0.2) is 5.82 Å². The maximum absolute atomic E-state index is 13.1. The van der Waals surface area contributed by atoms with Gasteiger partial charge in [-0.05, 0) is 61.6 Å². The number of rotatable bonds is 9. The van der Waals surface area contributed by atoms with Gasteiger partial charge in [-0.3, -0.25) is 9.59 Å². The van der Waals surface area contributed by atoms with Gasteiger partial charge in [0.1, 0.15) is 5.75 Å². The molecule has 8 nitrogen and oxygen atoms in total. The fourth-order valence-corrected chi connectivity index (χ4v) is 4.40. The molecule has 4 rings (SSSR count). The summed E-state index contributed by atoms with van der Waals surface area (Å²) in [5.74, 6) is 2.35. The lowest BCUT2D eigenvalue weighted by molar-refractivity contribution is -0.141. The van der Waals surface area contributed by atoms with Crippen LogP contribution >= 0.6 is 0 Å². The van der Waals surface area contributed by atoms with Crippen LogP contribution in [0.1, 0.15) is 39.5 Å². The van der Waals surface area contributed by atoms with Crippen LogP contribution in [0.15, 0.2) is 36.4 Å². The second-order valence-corrected chi connectivity index (χ2v) is 9.73. The molecule has 1 aliphatic carbocycles. The number of ether oxygens (including phenoxy) is 1. The summed E-state index contributed by atoms with van der Waals surface area (Å²) in [5, 5.41) is 8.89. The number of aromatic nitrogens is 2. The summed E-state index contributed by atoms with van der Waals surface area (Å²) < 4.78 is 5.22. The molecule has 2 aromatic rings. The van der Waals surface area contributed by atoms with E-state index in [0.717, 1.165) is 55.1 Å². The third-order valence-electron chi connectivity index (χ3n) is 7.00. The fraction of sp³-hybridized carbons (Fsp3) is 0.556. The van der Waals surface area contributed by atoms with Gasteiger partial charge in [0.25, 0.3) is 0 Å². The number of hydrogen-bond donors (Lipinski definition) is 0. The topological polar surface area (TPSA) is 78.9 Å². The van der Waals surface area contributed by atoms with Crippen LogP contribution in [0.4, 0.5) is 5.82 Å². The number of carbonyl (C=O) groups excluding carboxylic acids is 2. The van der Waals surface area contributed by atoms with E-state index < -0.39 is 0 Å². The quantitative estimate of drug-likeness (QED) is 0.548. The van der Waals surface area contributed by atoms with Crippen molar-refractivity contribution in [1.29, 1.82) is 0 Å². The number of carbonyl (C=O) groups is 2. The zero-order valence-corrected chi connectivity index (χ0v) is 21.2. The largest absolute Gasteiger partial charge is 0.497 e. The van der Waals surface area contributed by atoms with Crippen molar-refractivity contribution < 1.29 is 14.3 Å². The molecule has 2 aliphatic rings. The molecule has 0 spiro atoms. The number of amides is 2. The van der Waals surface area contributed by atoms with E-state index in [1.54, 1.807) is 12.0 Å². The zero-order valence-electron chi connectivity index (χ0n) is 21.2. The van der Waals surface area contributed by atoms with Crippen molar-refractivity contribution in [3.05, 3.63) is 36.4 Å². The monoisotopic (exact) mass is 479 g/mol. The average Bonchev–Trinajstić information content (AvgIpc) is 3.75. The number of anilines is 1. The standard InChI is InChI=1S/C27H37N5O3/c1-4-20(2)18-32(27(34)22-6-7-22)19-26(33)31-15-5-14-30(16-17-31)25-13-12-24(28-29-25)21-8-10-23(35-3)11-9-21/h8-13,20,22H,4-7,14-19H2,1-3H3. The highest BCUT2D eigenvalue weighted by molar-refractivity contribution is 5.87. The van der Waals surface area contributed by atoms with Gasteiger partial charge in [0.05, 0.1) is 19.3 Å². The Kier molecular flexibility index (Phi) is 8.21. The first-order chi connectivity index (χ1) is 17.0. The van der Waals surface area contributed by atoms with Crippen molar-refractivity contribution in [2.24, 2.45) is 11.8 Å². The number of benzene rings is 1. The Hall–Kier alpha value is -3.16. The molecule has 0 bridgehead atoms. The van der Waals surface area contributed by atoms with Gasteiger partial charge in [-0.1, -0.05) is 20.3 Å². The minimum Gasteiger partial charge on any atom is -0.497 e. The molecule has 1 saturated carbocycles. The highest BCUT2D eigenvalue weighted by Gasteiger charge is 2.35. The van der Waals surface area contributed by atoms with Crippen molar-refractivity contribution in [3.63, 3.8) is 0 Å². The molecule has 2 heterocycles. The van der Waals surface area contributed by atoms with Gasteiger partial charge in [-0.25, -0.2) is 0 Å². The molecule has 2 fully saturated rings. The van der Waals surface area contributed by atoms with E-state index in [9.17, 15) is 9.59 Å². The van der Waals surface area contributed by atoms with Gasteiger partial charge in [0, 0.05) is 44.2 Å². The second kappa shape index (κ2) is 11.5. The summed E-state index contributed by atoms with van der Waals surface area (Å²) in [7, 11) is 1.65. The average molecular weight is 480 g/mol. The summed E-state index contributed by atoms with van der Waals surface area (Å²) >= 11 is 0. The van der Waals surface area contributed by atoms with Gasteiger partial charge in [-0.2, -0.15) is 0 Å². The Labute approximate surface area is 208 Å².